The number of nitrogens with zero attached hydrogens (tertiary/aromatic N) is 4. The van der Waals surface area contributed by atoms with E-state index in [1.165, 1.54) is 19.8 Å². The van der Waals surface area contributed by atoms with Gasteiger partial charge in [-0.3, -0.25) is 4.57 Å². The molecular weight excluding hydrogens is 496 g/mol. The lowest BCUT2D eigenvalue weighted by atomic mass is 10.1. The quantitative estimate of drug-likeness (QED) is 0.309. The van der Waals surface area contributed by atoms with Gasteiger partial charge in [0, 0.05) is 18.2 Å². The van der Waals surface area contributed by atoms with Crippen LogP contribution in [0.1, 0.15) is 13.2 Å². The number of anilines is 1. The lowest BCUT2D eigenvalue weighted by Gasteiger charge is -2.19. The van der Waals surface area contributed by atoms with Crippen molar-refractivity contribution in [2.45, 2.75) is 37.9 Å². The molecule has 4 rings (SSSR count). The largest absolute Gasteiger partial charge is 0.694 e. The Bertz CT molecular complexity index is 1080. The Morgan fingerprint density at radius 1 is 1.26 bits per heavy atom. The molecule has 0 bridgehead atoms. The Morgan fingerprint density at radius 3 is 2.79 bits per heavy atom. The van der Waals surface area contributed by atoms with Gasteiger partial charge in [0.2, 0.25) is 0 Å². The van der Waals surface area contributed by atoms with Crippen LogP contribution >= 0.6 is 16.5 Å². The van der Waals surface area contributed by atoms with Crippen molar-refractivity contribution < 1.29 is 46.9 Å². The van der Waals surface area contributed by atoms with E-state index >= 15 is 0 Å². The topological polar surface area (TPSA) is 188 Å². The highest BCUT2D eigenvalue weighted by Gasteiger charge is 2.54. The smallest absolute Gasteiger partial charge is 0.566 e. The summed E-state index contributed by atoms with van der Waals surface area (Å²) in [4.78, 5) is 32.4. The van der Waals surface area contributed by atoms with E-state index in [9.17, 15) is 14.0 Å². The number of aromatic nitrogens is 4. The maximum absolute atomic E-state index is 11.0. The normalized spacial score (nSPS) is 27.8. The van der Waals surface area contributed by atoms with Crippen molar-refractivity contribution >= 4 is 33.5 Å². The molecule has 3 unspecified atom stereocenters. The second kappa shape index (κ2) is 11.1. The second-order valence-electron chi connectivity index (χ2n) is 7.30. The summed E-state index contributed by atoms with van der Waals surface area (Å²) in [6.07, 6.45) is 2.00. The van der Waals surface area contributed by atoms with Crippen LogP contribution < -0.4 is 10.2 Å². The van der Waals surface area contributed by atoms with Crippen LogP contribution in [0.25, 0.3) is 11.2 Å². The summed E-state index contributed by atoms with van der Waals surface area (Å²) in [7, 11) is -4.28. The fourth-order valence-electron chi connectivity index (χ4n) is 3.62. The highest BCUT2D eigenvalue weighted by atomic mass is 31.1. The summed E-state index contributed by atoms with van der Waals surface area (Å²) in [6.45, 7) is 0.943. The first-order valence-corrected chi connectivity index (χ1v) is 12.2. The molecule has 0 aromatic carbocycles. The van der Waals surface area contributed by atoms with Gasteiger partial charge in [0.25, 0.3) is 6.48 Å². The van der Waals surface area contributed by atoms with Crippen LogP contribution in [0.5, 0.6) is 0 Å². The van der Waals surface area contributed by atoms with Gasteiger partial charge < -0.3 is 29.2 Å². The molecule has 0 radical (unpaired) electrons. The minimum absolute atomic E-state index is 0.0320. The molecule has 2 N–H and O–H groups in total. The van der Waals surface area contributed by atoms with Gasteiger partial charge in [-0.2, -0.15) is 0 Å². The Morgan fingerprint density at radius 2 is 2.06 bits per heavy atom. The number of hydrogen-bond acceptors (Lipinski definition) is 13. The lowest BCUT2D eigenvalue weighted by Crippen LogP contribution is -2.31. The molecule has 2 fully saturated rings. The Hall–Kier alpha value is -2.03. The van der Waals surface area contributed by atoms with Gasteiger partial charge in [-0.15, -0.1) is 13.9 Å². The molecule has 4 heterocycles. The molecule has 0 aliphatic carbocycles. The third-order valence-corrected chi connectivity index (χ3v) is 5.82. The van der Waals surface area contributed by atoms with Gasteiger partial charge >= 0.3 is 16.5 Å². The minimum Gasteiger partial charge on any atom is -0.566 e. The SMILES string of the molecule is COC1O[C@@H]2[C@H](O1)[C@@H](CO[P+](=O)O)O[C@H]2n1cnc2c(NC/C=C(\C)CO[P+](=O)[O-])ncnc21. The molecule has 7 atom stereocenters. The fourth-order valence-corrected chi connectivity index (χ4v) is 4.20. The molecular formula is C17H22N5O10P2+. The molecule has 184 valence electrons. The summed E-state index contributed by atoms with van der Waals surface area (Å²) >= 11 is 0. The molecule has 2 aliphatic rings. The van der Waals surface area contributed by atoms with Crippen LogP contribution in [-0.4, -0.2) is 76.1 Å². The van der Waals surface area contributed by atoms with Crippen molar-refractivity contribution in [1.82, 2.24) is 19.5 Å². The molecule has 15 nitrogen and oxygen atoms in total. The van der Waals surface area contributed by atoms with Gasteiger partial charge in [-0.25, -0.2) is 15.0 Å². The third kappa shape index (κ3) is 5.61. The van der Waals surface area contributed by atoms with E-state index in [1.54, 1.807) is 17.6 Å². The maximum Gasteiger partial charge on any atom is 0.694 e. The molecule has 2 aromatic rings. The van der Waals surface area contributed by atoms with E-state index < -0.39 is 47.5 Å². The van der Waals surface area contributed by atoms with E-state index in [2.05, 4.69) is 24.8 Å². The highest BCUT2D eigenvalue weighted by Crippen LogP contribution is 2.41. The second-order valence-corrected chi connectivity index (χ2v) is 8.74. The molecule has 2 aromatic heterocycles. The van der Waals surface area contributed by atoms with Crippen LogP contribution in [-0.2, 0) is 37.1 Å². The van der Waals surface area contributed by atoms with E-state index in [0.29, 0.717) is 23.5 Å². The number of fused-ring (bicyclic) bond motifs is 2. The predicted octanol–water partition coefficient (Wildman–Crippen LogP) is 0.496. The lowest BCUT2D eigenvalue weighted by molar-refractivity contribution is -0.256. The zero-order valence-corrected chi connectivity index (χ0v) is 19.8. The van der Waals surface area contributed by atoms with Crippen molar-refractivity contribution in [3.8, 4) is 0 Å². The van der Waals surface area contributed by atoms with E-state index in [-0.39, 0.29) is 13.2 Å². The zero-order valence-electron chi connectivity index (χ0n) is 18.0. The van der Waals surface area contributed by atoms with Gasteiger partial charge in [-0.05, 0) is 17.1 Å². The fraction of sp³-hybridized carbons (Fsp3) is 0.588. The average molecular weight is 518 g/mol. The van der Waals surface area contributed by atoms with E-state index in [1.807, 2.05) is 0 Å². The monoisotopic (exact) mass is 518 g/mol. The molecule has 2 aliphatic heterocycles. The van der Waals surface area contributed by atoms with Crippen molar-refractivity contribution in [2.24, 2.45) is 0 Å². The summed E-state index contributed by atoms with van der Waals surface area (Å²) in [5.74, 6) is 0.452. The molecule has 34 heavy (non-hydrogen) atoms. The molecule has 0 spiro atoms. The summed E-state index contributed by atoms with van der Waals surface area (Å²) in [6, 6.07) is 0. The predicted molar refractivity (Wildman–Crippen MR) is 111 cm³/mol. The number of rotatable bonds is 11. The van der Waals surface area contributed by atoms with Crippen molar-refractivity contribution in [3.05, 3.63) is 24.3 Å². The minimum atomic E-state index is -2.90. The van der Waals surface area contributed by atoms with Gasteiger partial charge in [0.15, 0.2) is 23.2 Å². The average Bonchev–Trinajstić information content (AvgIpc) is 3.50. The summed E-state index contributed by atoms with van der Waals surface area (Å²) in [5.41, 5.74) is 1.64. The maximum atomic E-state index is 11.0. The Balaban J connectivity index is 1.51. The molecule has 2 saturated heterocycles. The number of ether oxygens (including phenoxy) is 4. The van der Waals surface area contributed by atoms with Crippen LogP contribution in [0.15, 0.2) is 24.3 Å². The van der Waals surface area contributed by atoms with Gasteiger partial charge in [-0.1, -0.05) is 6.08 Å². The first kappa shape index (κ1) is 25.1. The zero-order chi connectivity index (χ0) is 24.2. The van der Waals surface area contributed by atoms with Crippen molar-refractivity contribution in [3.63, 3.8) is 0 Å². The van der Waals surface area contributed by atoms with Gasteiger partial charge in [0.05, 0.1) is 6.33 Å². The van der Waals surface area contributed by atoms with Crippen molar-refractivity contribution in [2.75, 3.05) is 32.2 Å². The summed E-state index contributed by atoms with van der Waals surface area (Å²) in [5, 5.41) is 3.11. The number of hydrogen-bond donors (Lipinski definition) is 2. The van der Waals surface area contributed by atoms with Crippen LogP contribution in [0, 0.1) is 0 Å². The standard InChI is InChI=1S/C17H21N5O10P2/c1-9(5-28-33(23)24)3-4-18-14-11-15(20-7-19-14)22(8-21-11)16-13-12(31-17(27-2)32-13)10(30-16)6-29-34(25)26/h3,7-8,10,12-13,16-17H,4-6H2,1-2H3,(H-,18,19,20,25,26)/p+1/b9-3+/t10-,12-,13-,16-,17?/m1/s1. The number of nitrogens with one attached hydrogen (secondary N) is 1. The molecule has 0 amide bonds. The Labute approximate surface area is 194 Å². The van der Waals surface area contributed by atoms with Crippen LogP contribution in [0.4, 0.5) is 5.82 Å². The van der Waals surface area contributed by atoms with E-state index in [0.717, 1.165) is 5.57 Å². The van der Waals surface area contributed by atoms with Crippen molar-refractivity contribution in [1.29, 1.82) is 0 Å². The molecule has 17 heteroatoms. The first-order valence-electron chi connectivity index (χ1n) is 10.00. The highest BCUT2D eigenvalue weighted by molar-refractivity contribution is 7.32. The third-order valence-electron chi connectivity index (χ3n) is 5.11. The summed E-state index contributed by atoms with van der Waals surface area (Å²) < 4.78 is 55.2. The Kier molecular flexibility index (Phi) is 8.22. The first-order chi connectivity index (χ1) is 16.4. The van der Waals surface area contributed by atoms with E-state index in [4.69, 9.17) is 28.4 Å². The van der Waals surface area contributed by atoms with Crippen LogP contribution in [0.3, 0.4) is 0 Å². The van der Waals surface area contributed by atoms with Gasteiger partial charge in [0.1, 0.15) is 37.9 Å². The number of imidazole rings is 1. The molecule has 0 saturated carbocycles. The number of methoxy groups -OCH3 is 1. The van der Waals surface area contributed by atoms with Crippen LogP contribution in [0.2, 0.25) is 0 Å².